The molecule has 0 rings (SSSR count). The Morgan fingerprint density at radius 3 is 1.43 bits per heavy atom. The molecule has 0 fully saturated rings. The van der Waals surface area contributed by atoms with E-state index in [4.69, 9.17) is 5.11 Å². The van der Waals surface area contributed by atoms with Crippen LogP contribution < -0.4 is 0 Å². The molecule has 0 aromatic carbocycles. The lowest BCUT2D eigenvalue weighted by molar-refractivity contribution is -0.570. The van der Waals surface area contributed by atoms with Gasteiger partial charge in [0, 0.05) is 18.3 Å². The van der Waals surface area contributed by atoms with Gasteiger partial charge in [-0.2, -0.15) is 0 Å². The first-order chi connectivity index (χ1) is 11.1. The SMILES string of the molecule is CCCCCCCCCCCCCCCCC(C)(CO)[N+](=O)[O-]. The fourth-order valence-electron chi connectivity index (χ4n) is 2.93. The quantitative estimate of drug-likeness (QED) is 0.206. The summed E-state index contributed by atoms with van der Waals surface area (Å²) in [7, 11) is 0. The molecule has 1 N–H and O–H groups in total. The summed E-state index contributed by atoms with van der Waals surface area (Å²) in [6.07, 6.45) is 18.5. The van der Waals surface area contributed by atoms with Crippen LogP contribution in [0.5, 0.6) is 0 Å². The van der Waals surface area contributed by atoms with Crippen LogP contribution in [0.3, 0.4) is 0 Å². The fourth-order valence-corrected chi connectivity index (χ4v) is 2.93. The first-order valence-electron chi connectivity index (χ1n) is 9.82. The van der Waals surface area contributed by atoms with Crippen LogP contribution >= 0.6 is 0 Å². The second kappa shape index (κ2) is 14.9. The van der Waals surface area contributed by atoms with E-state index in [0.29, 0.717) is 6.42 Å². The Labute approximate surface area is 143 Å². The van der Waals surface area contributed by atoms with Crippen LogP contribution in [-0.4, -0.2) is 22.2 Å². The van der Waals surface area contributed by atoms with Gasteiger partial charge in [0.25, 0.3) is 0 Å². The zero-order chi connectivity index (χ0) is 17.4. The largest absolute Gasteiger partial charge is 0.389 e. The molecule has 0 bridgehead atoms. The predicted molar refractivity (Wildman–Crippen MR) is 97.4 cm³/mol. The van der Waals surface area contributed by atoms with Gasteiger partial charge in [-0.3, -0.25) is 10.1 Å². The fraction of sp³-hybridized carbons (Fsp3) is 1.00. The third-order valence-corrected chi connectivity index (χ3v) is 4.85. The zero-order valence-corrected chi connectivity index (χ0v) is 15.5. The molecule has 4 heteroatoms. The summed E-state index contributed by atoms with van der Waals surface area (Å²) in [5.41, 5.74) is -1.14. The third-order valence-electron chi connectivity index (χ3n) is 4.85. The van der Waals surface area contributed by atoms with Gasteiger partial charge in [-0.15, -0.1) is 0 Å². The van der Waals surface area contributed by atoms with Crippen LogP contribution in [0.2, 0.25) is 0 Å². The Balaban J connectivity index is 3.26. The topological polar surface area (TPSA) is 63.4 Å². The van der Waals surface area contributed by atoms with E-state index in [9.17, 15) is 10.1 Å². The molecule has 138 valence electrons. The van der Waals surface area contributed by atoms with Crippen LogP contribution in [0, 0.1) is 10.1 Å². The number of nitrogens with zero attached hydrogens (tertiary/aromatic N) is 1. The van der Waals surface area contributed by atoms with Crippen LogP contribution in [0.25, 0.3) is 0 Å². The number of aliphatic hydroxyl groups excluding tert-OH is 1. The molecular weight excluding hydrogens is 290 g/mol. The molecule has 0 aromatic rings. The lowest BCUT2D eigenvalue weighted by atomic mass is 9.95. The van der Waals surface area contributed by atoms with E-state index in [0.717, 1.165) is 19.3 Å². The highest BCUT2D eigenvalue weighted by molar-refractivity contribution is 4.72. The maximum absolute atomic E-state index is 10.9. The molecule has 4 nitrogen and oxygen atoms in total. The van der Waals surface area contributed by atoms with Crippen molar-refractivity contribution in [1.82, 2.24) is 0 Å². The van der Waals surface area contributed by atoms with Crippen molar-refractivity contribution in [2.24, 2.45) is 0 Å². The molecule has 0 aliphatic heterocycles. The summed E-state index contributed by atoms with van der Waals surface area (Å²) < 4.78 is 0. The molecule has 0 aliphatic rings. The molecule has 0 heterocycles. The number of rotatable bonds is 17. The van der Waals surface area contributed by atoms with Gasteiger partial charge in [-0.05, 0) is 6.42 Å². The number of aliphatic hydroxyl groups is 1. The monoisotopic (exact) mass is 329 g/mol. The van der Waals surface area contributed by atoms with E-state index in [1.165, 1.54) is 77.6 Å². The van der Waals surface area contributed by atoms with Crippen molar-refractivity contribution in [2.45, 2.75) is 116 Å². The maximum Gasteiger partial charge on any atom is 0.242 e. The lowest BCUT2D eigenvalue weighted by Crippen LogP contribution is -2.38. The summed E-state index contributed by atoms with van der Waals surface area (Å²) in [5, 5.41) is 20.0. The van der Waals surface area contributed by atoms with Gasteiger partial charge >= 0.3 is 0 Å². The van der Waals surface area contributed by atoms with Gasteiger partial charge in [-0.1, -0.05) is 90.4 Å². The Morgan fingerprint density at radius 1 is 0.783 bits per heavy atom. The first kappa shape index (κ1) is 22.4. The van der Waals surface area contributed by atoms with Crippen molar-refractivity contribution in [3.05, 3.63) is 10.1 Å². The minimum absolute atomic E-state index is 0.338. The van der Waals surface area contributed by atoms with Crippen molar-refractivity contribution < 1.29 is 10.0 Å². The average molecular weight is 330 g/mol. The summed E-state index contributed by atoms with van der Waals surface area (Å²) >= 11 is 0. The van der Waals surface area contributed by atoms with E-state index in [-0.39, 0.29) is 11.5 Å². The van der Waals surface area contributed by atoms with Crippen LogP contribution in [-0.2, 0) is 0 Å². The van der Waals surface area contributed by atoms with E-state index < -0.39 is 5.54 Å². The molecule has 0 saturated heterocycles. The number of nitro groups is 1. The van der Waals surface area contributed by atoms with Crippen molar-refractivity contribution in [2.75, 3.05) is 6.61 Å². The molecule has 0 radical (unpaired) electrons. The molecule has 0 aliphatic carbocycles. The predicted octanol–water partition coefficient (Wildman–Crippen LogP) is 5.89. The van der Waals surface area contributed by atoms with Crippen LogP contribution in [0.4, 0.5) is 0 Å². The van der Waals surface area contributed by atoms with Crippen LogP contribution in [0.15, 0.2) is 0 Å². The minimum atomic E-state index is -1.14. The Hall–Kier alpha value is -0.640. The Kier molecular flexibility index (Phi) is 14.5. The van der Waals surface area contributed by atoms with Gasteiger partial charge in [-0.25, -0.2) is 0 Å². The summed E-state index contributed by atoms with van der Waals surface area (Å²) in [5.74, 6) is 0. The van der Waals surface area contributed by atoms with Crippen LogP contribution in [0.1, 0.15) is 110 Å². The summed E-state index contributed by atoms with van der Waals surface area (Å²) in [6.45, 7) is 3.43. The Morgan fingerprint density at radius 2 is 1.13 bits per heavy atom. The smallest absolute Gasteiger partial charge is 0.242 e. The molecule has 0 spiro atoms. The normalized spacial score (nSPS) is 13.9. The van der Waals surface area contributed by atoms with Gasteiger partial charge < -0.3 is 5.11 Å². The average Bonchev–Trinajstić information content (AvgIpc) is 2.54. The highest BCUT2D eigenvalue weighted by Gasteiger charge is 2.35. The highest BCUT2D eigenvalue weighted by Crippen LogP contribution is 2.19. The minimum Gasteiger partial charge on any atom is -0.389 e. The third kappa shape index (κ3) is 12.4. The molecule has 0 aromatic heterocycles. The second-order valence-electron chi connectivity index (χ2n) is 7.26. The number of hydrogen-bond donors (Lipinski definition) is 1. The standard InChI is InChI=1S/C19H39NO3/c1-3-4-5-6-7-8-9-10-11-12-13-14-15-16-17-19(2,18-21)20(22)23/h21H,3-18H2,1-2H3. The highest BCUT2D eigenvalue weighted by atomic mass is 16.6. The molecule has 1 unspecified atom stereocenters. The molecule has 1 atom stereocenters. The maximum atomic E-state index is 10.9. The van der Waals surface area contributed by atoms with Gasteiger partial charge in [0.1, 0.15) is 6.61 Å². The van der Waals surface area contributed by atoms with Gasteiger partial charge in [0.2, 0.25) is 5.54 Å². The van der Waals surface area contributed by atoms with E-state index in [1.54, 1.807) is 0 Å². The van der Waals surface area contributed by atoms with Crippen molar-refractivity contribution in [3.8, 4) is 0 Å². The zero-order valence-electron chi connectivity index (χ0n) is 15.5. The van der Waals surface area contributed by atoms with Crippen molar-refractivity contribution in [3.63, 3.8) is 0 Å². The molecule has 0 saturated carbocycles. The van der Waals surface area contributed by atoms with E-state index in [1.807, 2.05) is 0 Å². The van der Waals surface area contributed by atoms with Crippen molar-refractivity contribution >= 4 is 0 Å². The Bertz CT molecular complexity index is 284. The molecule has 0 amide bonds. The molecular formula is C19H39NO3. The lowest BCUT2D eigenvalue weighted by Gasteiger charge is -2.17. The number of unbranched alkanes of at least 4 members (excludes halogenated alkanes) is 13. The van der Waals surface area contributed by atoms with Gasteiger partial charge in [0.05, 0.1) is 0 Å². The van der Waals surface area contributed by atoms with Gasteiger partial charge in [0.15, 0.2) is 0 Å². The second-order valence-corrected chi connectivity index (χ2v) is 7.26. The summed E-state index contributed by atoms with van der Waals surface area (Å²) in [6, 6.07) is 0. The van der Waals surface area contributed by atoms with Crippen molar-refractivity contribution in [1.29, 1.82) is 0 Å². The molecule has 23 heavy (non-hydrogen) atoms. The first-order valence-corrected chi connectivity index (χ1v) is 9.82. The summed E-state index contributed by atoms with van der Waals surface area (Å²) in [4.78, 5) is 10.5. The number of hydrogen-bond acceptors (Lipinski definition) is 3. The van der Waals surface area contributed by atoms with E-state index >= 15 is 0 Å². The van der Waals surface area contributed by atoms with E-state index in [2.05, 4.69) is 6.92 Å².